The van der Waals surface area contributed by atoms with Gasteiger partial charge in [0.05, 0.1) is 22.2 Å². The molecule has 0 bridgehead atoms. The van der Waals surface area contributed by atoms with Crippen molar-refractivity contribution in [3.8, 4) is 0 Å². The number of carbonyl (C=O) groups excluding carboxylic acids is 5. The maximum atomic E-state index is 14.1. The molecule has 0 spiro atoms. The lowest BCUT2D eigenvalue weighted by Gasteiger charge is -2.38. The van der Waals surface area contributed by atoms with Crippen LogP contribution in [0.3, 0.4) is 0 Å². The molecule has 1 unspecified atom stereocenters. The van der Waals surface area contributed by atoms with Crippen LogP contribution in [0.1, 0.15) is 86.3 Å². The van der Waals surface area contributed by atoms with E-state index in [4.69, 9.17) is 4.74 Å². The Labute approximate surface area is 369 Å². The van der Waals surface area contributed by atoms with E-state index in [1.807, 2.05) is 43.4 Å². The number of halogens is 3. The number of aromatic amines is 1. The predicted octanol–water partition coefficient (Wildman–Crippen LogP) is 6.54. The third-order valence-electron chi connectivity index (χ3n) is 12.5. The van der Waals surface area contributed by atoms with Crippen LogP contribution in [0.5, 0.6) is 0 Å². The molecule has 9 rings (SSSR count). The van der Waals surface area contributed by atoms with Crippen LogP contribution in [0.15, 0.2) is 71.2 Å². The Balaban J connectivity index is 0.873. The van der Waals surface area contributed by atoms with Crippen molar-refractivity contribution >= 4 is 73.6 Å². The molecular formula is C46H45BrF2N8O6. The maximum Gasteiger partial charge on any atom is 0.262 e. The van der Waals surface area contributed by atoms with Crippen molar-refractivity contribution in [3.05, 3.63) is 116 Å². The molecule has 0 aliphatic carbocycles. The SMILES string of the molecule is CN(Cc1cc2c(cc1Br)C(=O)N(C1CCC(=O)NC1=O)C2=O)C1CCN(c2ccc(C(=O)Nc3n[nH]c4ccc(Cc5cc(F)cc(F)c5)cc34)c(NC3CCOCC3)c2)CC1. The zero-order chi connectivity index (χ0) is 43.9. The Kier molecular flexibility index (Phi) is 11.8. The molecule has 17 heteroatoms. The van der Waals surface area contributed by atoms with Gasteiger partial charge < -0.3 is 20.3 Å². The number of rotatable bonds is 11. The number of carbonyl (C=O) groups is 5. The Morgan fingerprint density at radius 2 is 1.62 bits per heavy atom. The highest BCUT2D eigenvalue weighted by atomic mass is 79.9. The minimum atomic E-state index is -1.03. The number of H-pyrrole nitrogens is 1. The van der Waals surface area contributed by atoms with E-state index in [0.717, 1.165) is 66.6 Å². The second-order valence-corrected chi connectivity index (χ2v) is 17.5. The zero-order valence-electron chi connectivity index (χ0n) is 34.4. The van der Waals surface area contributed by atoms with Crippen molar-refractivity contribution < 1.29 is 37.5 Å². The normalized spacial score (nSPS) is 18.7. The molecule has 326 valence electrons. The number of piperidine rings is 2. The molecular weight excluding hydrogens is 878 g/mol. The molecule has 1 aromatic heterocycles. The molecule has 4 aromatic carbocycles. The van der Waals surface area contributed by atoms with Gasteiger partial charge in [-0.1, -0.05) is 22.0 Å². The number of hydrogen-bond acceptors (Lipinski definition) is 10. The van der Waals surface area contributed by atoms with Crippen LogP contribution in [-0.4, -0.2) is 101 Å². The number of anilines is 3. The molecule has 0 radical (unpaired) electrons. The van der Waals surface area contributed by atoms with Gasteiger partial charge in [0.15, 0.2) is 5.82 Å². The summed E-state index contributed by atoms with van der Waals surface area (Å²) >= 11 is 3.62. The van der Waals surface area contributed by atoms with Crippen molar-refractivity contribution in [2.24, 2.45) is 0 Å². The van der Waals surface area contributed by atoms with Crippen molar-refractivity contribution in [1.82, 2.24) is 25.3 Å². The minimum Gasteiger partial charge on any atom is -0.381 e. The topological polar surface area (TPSA) is 169 Å². The summed E-state index contributed by atoms with van der Waals surface area (Å²) in [6, 6.07) is 17.5. The minimum absolute atomic E-state index is 0.0555. The predicted molar refractivity (Wildman–Crippen MR) is 235 cm³/mol. The first-order valence-electron chi connectivity index (χ1n) is 21.1. The average Bonchev–Trinajstić information content (AvgIpc) is 3.76. The number of nitrogens with one attached hydrogen (secondary N) is 4. The van der Waals surface area contributed by atoms with Crippen LogP contribution in [-0.2, 0) is 27.3 Å². The maximum absolute atomic E-state index is 14.1. The lowest BCUT2D eigenvalue weighted by molar-refractivity contribution is -0.136. The fourth-order valence-corrected chi connectivity index (χ4v) is 9.59. The number of aromatic nitrogens is 2. The Hall–Kier alpha value is -6.04. The van der Waals surface area contributed by atoms with Crippen molar-refractivity contribution in [2.45, 2.75) is 69.6 Å². The third kappa shape index (κ3) is 8.81. The monoisotopic (exact) mass is 922 g/mol. The quantitative estimate of drug-likeness (QED) is 0.107. The molecule has 5 aromatic rings. The number of amides is 5. The summed E-state index contributed by atoms with van der Waals surface area (Å²) in [6.07, 6.45) is 3.75. The first kappa shape index (κ1) is 42.3. The van der Waals surface area contributed by atoms with Gasteiger partial charge >= 0.3 is 0 Å². The van der Waals surface area contributed by atoms with E-state index in [1.165, 1.54) is 12.1 Å². The van der Waals surface area contributed by atoms with Gasteiger partial charge in [-0.15, -0.1) is 0 Å². The first-order valence-corrected chi connectivity index (χ1v) is 21.9. The van der Waals surface area contributed by atoms with E-state index in [1.54, 1.807) is 12.1 Å². The molecule has 3 saturated heterocycles. The fourth-order valence-electron chi connectivity index (χ4n) is 9.12. The Bertz CT molecular complexity index is 2640. The average molecular weight is 924 g/mol. The van der Waals surface area contributed by atoms with Gasteiger partial charge in [-0.3, -0.25) is 44.2 Å². The first-order chi connectivity index (χ1) is 30.4. The molecule has 3 fully saturated rings. The highest BCUT2D eigenvalue weighted by Gasteiger charge is 2.45. The van der Waals surface area contributed by atoms with Gasteiger partial charge in [0, 0.05) is 78.7 Å². The molecule has 4 aliphatic rings. The van der Waals surface area contributed by atoms with Gasteiger partial charge in [-0.25, -0.2) is 8.78 Å². The number of nitrogens with zero attached hydrogens (tertiary/aromatic N) is 4. The van der Waals surface area contributed by atoms with Gasteiger partial charge in [0.1, 0.15) is 17.7 Å². The molecule has 5 amide bonds. The molecule has 4 aliphatic heterocycles. The summed E-state index contributed by atoms with van der Waals surface area (Å²) in [6.45, 7) is 3.30. The molecule has 4 N–H and O–H groups in total. The molecule has 5 heterocycles. The van der Waals surface area contributed by atoms with E-state index >= 15 is 0 Å². The number of benzene rings is 4. The highest BCUT2D eigenvalue weighted by Crippen LogP contribution is 2.35. The van der Waals surface area contributed by atoms with Gasteiger partial charge in [0.2, 0.25) is 11.8 Å². The molecule has 63 heavy (non-hydrogen) atoms. The van der Waals surface area contributed by atoms with E-state index in [2.05, 4.69) is 51.9 Å². The summed E-state index contributed by atoms with van der Waals surface area (Å²) in [7, 11) is 2.04. The van der Waals surface area contributed by atoms with Crippen LogP contribution in [0.2, 0.25) is 0 Å². The van der Waals surface area contributed by atoms with Gasteiger partial charge in [0.25, 0.3) is 17.7 Å². The van der Waals surface area contributed by atoms with Gasteiger partial charge in [-0.05, 0) is 117 Å². The van der Waals surface area contributed by atoms with Crippen LogP contribution in [0, 0.1) is 11.6 Å². The summed E-state index contributed by atoms with van der Waals surface area (Å²) in [5, 5.41) is 16.9. The lowest BCUT2D eigenvalue weighted by Crippen LogP contribution is -2.54. The van der Waals surface area contributed by atoms with E-state index in [0.29, 0.717) is 64.2 Å². The molecule has 0 saturated carbocycles. The van der Waals surface area contributed by atoms with E-state index in [-0.39, 0.29) is 42.0 Å². The van der Waals surface area contributed by atoms with Crippen molar-refractivity contribution in [2.75, 3.05) is 48.9 Å². The van der Waals surface area contributed by atoms with Crippen LogP contribution < -0.4 is 20.9 Å². The van der Waals surface area contributed by atoms with Crippen molar-refractivity contribution in [1.29, 1.82) is 0 Å². The second-order valence-electron chi connectivity index (χ2n) is 16.7. The number of hydrogen-bond donors (Lipinski definition) is 4. The summed E-state index contributed by atoms with van der Waals surface area (Å²) in [5.41, 5.74) is 5.46. The van der Waals surface area contributed by atoms with Gasteiger partial charge in [-0.2, -0.15) is 5.10 Å². The summed E-state index contributed by atoms with van der Waals surface area (Å²) in [5.74, 6) is -3.42. The van der Waals surface area contributed by atoms with Crippen LogP contribution >= 0.6 is 15.9 Å². The Morgan fingerprint density at radius 3 is 2.35 bits per heavy atom. The standard InChI is InChI=1S/C46H45BrF2N8O6/c1-55(24-27-20-34-35(23-37(27)47)46(62)57(45(34)61)40-6-7-41(58)51-44(40)60)31-8-12-56(13-9-31)32-3-4-33(39(22-32)50-30-10-14-63-15-11-30)43(59)52-42-36-19-25(2-5-38(36)53-54-42)16-26-17-28(48)21-29(49)18-26/h2-5,17-23,30-31,40,50H,6-16,24H2,1H3,(H,51,58,60)(H2,52,53,54,59). The second kappa shape index (κ2) is 17.6. The number of fused-ring (bicyclic) bond motifs is 2. The van der Waals surface area contributed by atoms with Crippen LogP contribution in [0.25, 0.3) is 10.9 Å². The number of imide groups is 2. The highest BCUT2D eigenvalue weighted by molar-refractivity contribution is 9.10. The van der Waals surface area contributed by atoms with E-state index in [9.17, 15) is 32.8 Å². The van der Waals surface area contributed by atoms with Crippen molar-refractivity contribution in [3.63, 3.8) is 0 Å². The smallest absolute Gasteiger partial charge is 0.262 e. The zero-order valence-corrected chi connectivity index (χ0v) is 36.0. The summed E-state index contributed by atoms with van der Waals surface area (Å²) in [4.78, 5) is 70.7. The molecule has 1 atom stereocenters. The fraction of sp³-hybridized carbons (Fsp3) is 0.348. The van der Waals surface area contributed by atoms with Crippen LogP contribution in [0.4, 0.5) is 26.0 Å². The van der Waals surface area contributed by atoms with E-state index < -0.39 is 41.3 Å². The summed E-state index contributed by atoms with van der Waals surface area (Å²) < 4.78 is 34.1. The Morgan fingerprint density at radius 1 is 0.889 bits per heavy atom. The third-order valence-corrected chi connectivity index (χ3v) is 13.2. The largest absolute Gasteiger partial charge is 0.381 e. The number of ether oxygens (including phenoxy) is 1. The molecule has 14 nitrogen and oxygen atoms in total. The lowest BCUT2D eigenvalue weighted by atomic mass is 10.00.